The smallest absolute Gasteiger partial charge is 0.466 e. The maximum atomic E-state index is 12.0. The Morgan fingerprint density at radius 2 is 1.75 bits per heavy atom. The van der Waals surface area contributed by atoms with E-state index >= 15 is 0 Å². The van der Waals surface area contributed by atoms with Crippen LogP contribution in [0.15, 0.2) is 18.2 Å². The number of ether oxygens (including phenoxy) is 2. The molecule has 1 atom stereocenters. The maximum Gasteiger partial charge on any atom is 0.466 e. The van der Waals surface area contributed by atoms with Gasteiger partial charge in [0.2, 0.25) is 0 Å². The summed E-state index contributed by atoms with van der Waals surface area (Å²) in [5, 5.41) is 0. The van der Waals surface area contributed by atoms with Crippen LogP contribution in [0, 0.1) is 6.92 Å². The molecule has 1 unspecified atom stereocenters. The van der Waals surface area contributed by atoms with Crippen molar-refractivity contribution in [2.24, 2.45) is 0 Å². The lowest BCUT2D eigenvalue weighted by Gasteiger charge is -2.32. The molecular weight excluding hydrogens is 307 g/mol. The number of carbonyl (C=O) groups is 1. The standard InChI is InChI=1S/C18H27BO5/c1-12-10-13(21-6)8-9-14(12)15(11-16(20)22-7)19-23-17(2,3)18(4,5)24-19/h8-10,15H,11H2,1-7H3. The minimum Gasteiger partial charge on any atom is -0.497 e. The second-order valence-electron chi connectivity index (χ2n) is 7.23. The Bertz CT molecular complexity index is 595. The van der Waals surface area contributed by atoms with E-state index in [4.69, 9.17) is 18.8 Å². The van der Waals surface area contributed by atoms with Crippen molar-refractivity contribution < 1.29 is 23.6 Å². The third-order valence-electron chi connectivity index (χ3n) is 5.09. The molecule has 1 aromatic carbocycles. The van der Waals surface area contributed by atoms with Gasteiger partial charge in [0.05, 0.1) is 31.8 Å². The molecule has 5 nitrogen and oxygen atoms in total. The summed E-state index contributed by atoms with van der Waals surface area (Å²) in [4.78, 5) is 12.0. The average molecular weight is 334 g/mol. The Morgan fingerprint density at radius 1 is 1.17 bits per heavy atom. The van der Waals surface area contributed by atoms with Crippen molar-refractivity contribution in [1.82, 2.24) is 0 Å². The number of aryl methyl sites for hydroxylation is 1. The number of hydrogen-bond donors (Lipinski definition) is 0. The number of rotatable bonds is 5. The minimum absolute atomic E-state index is 0.195. The maximum absolute atomic E-state index is 12.0. The summed E-state index contributed by atoms with van der Waals surface area (Å²) in [6.07, 6.45) is 0.195. The highest BCUT2D eigenvalue weighted by Gasteiger charge is 2.54. The van der Waals surface area contributed by atoms with Crippen LogP contribution in [-0.4, -0.2) is 38.5 Å². The molecule has 0 saturated carbocycles. The van der Waals surface area contributed by atoms with E-state index < -0.39 is 18.3 Å². The predicted molar refractivity (Wildman–Crippen MR) is 93.2 cm³/mol. The largest absolute Gasteiger partial charge is 0.497 e. The Labute approximate surface area is 144 Å². The molecule has 1 aliphatic heterocycles. The molecule has 0 aromatic heterocycles. The van der Waals surface area contributed by atoms with Crippen LogP contribution in [-0.2, 0) is 18.8 Å². The lowest BCUT2D eigenvalue weighted by molar-refractivity contribution is -0.140. The van der Waals surface area contributed by atoms with Crippen molar-refractivity contribution in [2.75, 3.05) is 14.2 Å². The zero-order chi connectivity index (χ0) is 18.1. The SMILES string of the molecule is COC(=O)CC(B1OC(C)(C)C(C)(C)O1)c1ccc(OC)cc1C. The zero-order valence-corrected chi connectivity index (χ0v) is 15.6. The number of hydrogen-bond acceptors (Lipinski definition) is 5. The van der Waals surface area contributed by atoms with E-state index in [0.717, 1.165) is 16.9 Å². The molecule has 132 valence electrons. The fourth-order valence-electron chi connectivity index (χ4n) is 2.86. The highest BCUT2D eigenvalue weighted by Crippen LogP contribution is 2.42. The summed E-state index contributed by atoms with van der Waals surface area (Å²) in [6, 6.07) is 5.80. The van der Waals surface area contributed by atoms with E-state index in [-0.39, 0.29) is 18.2 Å². The van der Waals surface area contributed by atoms with Gasteiger partial charge in [-0.05, 0) is 57.9 Å². The topological polar surface area (TPSA) is 54.0 Å². The number of benzene rings is 1. The monoisotopic (exact) mass is 334 g/mol. The zero-order valence-electron chi connectivity index (χ0n) is 15.6. The normalized spacial score (nSPS) is 19.9. The van der Waals surface area contributed by atoms with Crippen LogP contribution >= 0.6 is 0 Å². The summed E-state index contributed by atoms with van der Waals surface area (Å²) in [7, 11) is 2.51. The predicted octanol–water partition coefficient (Wildman–Crippen LogP) is 3.28. The first kappa shape index (κ1) is 18.8. The molecule has 1 fully saturated rings. The first-order chi connectivity index (χ1) is 11.1. The molecule has 0 bridgehead atoms. The molecule has 0 aliphatic carbocycles. The molecule has 24 heavy (non-hydrogen) atoms. The van der Waals surface area contributed by atoms with Crippen LogP contribution in [0.25, 0.3) is 0 Å². The Kier molecular flexibility index (Phi) is 5.30. The summed E-state index contributed by atoms with van der Waals surface area (Å²) < 4.78 is 22.5. The second-order valence-corrected chi connectivity index (χ2v) is 7.23. The third kappa shape index (κ3) is 3.60. The average Bonchev–Trinajstić information content (AvgIpc) is 2.72. The third-order valence-corrected chi connectivity index (χ3v) is 5.09. The van der Waals surface area contributed by atoms with E-state index in [1.165, 1.54) is 7.11 Å². The van der Waals surface area contributed by atoms with E-state index in [2.05, 4.69) is 0 Å². The van der Waals surface area contributed by atoms with Crippen LogP contribution in [0.5, 0.6) is 5.75 Å². The molecule has 1 aromatic rings. The van der Waals surface area contributed by atoms with Crippen molar-refractivity contribution in [3.05, 3.63) is 29.3 Å². The number of methoxy groups -OCH3 is 2. The van der Waals surface area contributed by atoms with Gasteiger partial charge < -0.3 is 18.8 Å². The molecule has 2 rings (SSSR count). The molecule has 1 aliphatic rings. The van der Waals surface area contributed by atoms with E-state index in [1.54, 1.807) is 7.11 Å². The first-order valence-electron chi connectivity index (χ1n) is 8.18. The van der Waals surface area contributed by atoms with Crippen molar-refractivity contribution in [3.8, 4) is 5.75 Å². The van der Waals surface area contributed by atoms with Gasteiger partial charge in [0.1, 0.15) is 5.75 Å². The molecule has 0 radical (unpaired) electrons. The summed E-state index contributed by atoms with van der Waals surface area (Å²) in [5.41, 5.74) is 1.12. The second kappa shape index (κ2) is 6.77. The Morgan fingerprint density at radius 3 is 2.21 bits per heavy atom. The van der Waals surface area contributed by atoms with Crippen LogP contribution in [0.4, 0.5) is 0 Å². The molecule has 0 N–H and O–H groups in total. The van der Waals surface area contributed by atoms with Crippen molar-refractivity contribution in [2.45, 2.75) is 58.1 Å². The molecule has 6 heteroatoms. The Balaban J connectivity index is 2.38. The lowest BCUT2D eigenvalue weighted by Crippen LogP contribution is -2.41. The van der Waals surface area contributed by atoms with Gasteiger partial charge in [-0.15, -0.1) is 0 Å². The van der Waals surface area contributed by atoms with E-state index in [9.17, 15) is 4.79 Å². The highest BCUT2D eigenvalue weighted by atomic mass is 16.7. The van der Waals surface area contributed by atoms with Crippen molar-refractivity contribution in [3.63, 3.8) is 0 Å². The summed E-state index contributed by atoms with van der Waals surface area (Å²) >= 11 is 0. The quantitative estimate of drug-likeness (QED) is 0.611. The molecule has 0 spiro atoms. The van der Waals surface area contributed by atoms with Gasteiger partial charge >= 0.3 is 13.1 Å². The summed E-state index contributed by atoms with van der Waals surface area (Å²) in [5.74, 6) is 0.247. The van der Waals surface area contributed by atoms with Crippen LogP contribution in [0.1, 0.15) is 51.1 Å². The number of esters is 1. The van der Waals surface area contributed by atoms with Gasteiger partial charge in [-0.25, -0.2) is 0 Å². The summed E-state index contributed by atoms with van der Waals surface area (Å²) in [6.45, 7) is 10.0. The van der Waals surface area contributed by atoms with Gasteiger partial charge in [-0.1, -0.05) is 6.07 Å². The van der Waals surface area contributed by atoms with Crippen LogP contribution < -0.4 is 4.74 Å². The fourth-order valence-corrected chi connectivity index (χ4v) is 2.86. The van der Waals surface area contributed by atoms with E-state index in [1.807, 2.05) is 52.8 Å². The highest BCUT2D eigenvalue weighted by molar-refractivity contribution is 6.48. The minimum atomic E-state index is -0.513. The van der Waals surface area contributed by atoms with Crippen LogP contribution in [0.2, 0.25) is 0 Å². The first-order valence-corrected chi connectivity index (χ1v) is 8.18. The van der Waals surface area contributed by atoms with Gasteiger partial charge in [-0.3, -0.25) is 4.79 Å². The van der Waals surface area contributed by atoms with E-state index in [0.29, 0.717) is 0 Å². The lowest BCUT2D eigenvalue weighted by atomic mass is 9.65. The van der Waals surface area contributed by atoms with Crippen molar-refractivity contribution in [1.29, 1.82) is 0 Å². The molecular formula is C18H27BO5. The molecule has 0 amide bonds. The van der Waals surface area contributed by atoms with Gasteiger partial charge in [0.15, 0.2) is 0 Å². The van der Waals surface area contributed by atoms with Crippen LogP contribution in [0.3, 0.4) is 0 Å². The fraction of sp³-hybridized carbons (Fsp3) is 0.611. The molecule has 1 heterocycles. The molecule has 1 saturated heterocycles. The van der Waals surface area contributed by atoms with Gasteiger partial charge in [-0.2, -0.15) is 0 Å². The number of carbonyl (C=O) groups excluding carboxylic acids is 1. The van der Waals surface area contributed by atoms with Gasteiger partial charge in [0.25, 0.3) is 0 Å². The van der Waals surface area contributed by atoms with Gasteiger partial charge in [0, 0.05) is 5.82 Å². The Hall–Kier alpha value is -1.53. The van der Waals surface area contributed by atoms with Crippen molar-refractivity contribution >= 4 is 13.1 Å².